The third kappa shape index (κ3) is 19.6. The average molecular weight is 518 g/mol. The van der Waals surface area contributed by atoms with E-state index in [0.717, 1.165) is 38.2 Å². The van der Waals surface area contributed by atoms with Crippen molar-refractivity contribution in [2.24, 2.45) is 0 Å². The van der Waals surface area contributed by atoms with Gasteiger partial charge in [0.1, 0.15) is 0 Å². The number of anilines is 1. The van der Waals surface area contributed by atoms with E-state index in [1.54, 1.807) is 5.23 Å². The SMILES string of the molecule is CCCCCCCCCCCCCCON(OCCCCCCCCCCCC)c1ccccc1CC. The Morgan fingerprint density at radius 1 is 0.459 bits per heavy atom. The number of benzene rings is 1. The second kappa shape index (κ2) is 26.5. The van der Waals surface area contributed by atoms with Gasteiger partial charge in [-0.25, -0.2) is 9.68 Å². The van der Waals surface area contributed by atoms with E-state index < -0.39 is 0 Å². The van der Waals surface area contributed by atoms with Crippen LogP contribution in [-0.2, 0) is 16.1 Å². The van der Waals surface area contributed by atoms with Crippen LogP contribution >= 0.6 is 0 Å². The van der Waals surface area contributed by atoms with Crippen molar-refractivity contribution in [2.75, 3.05) is 18.4 Å². The van der Waals surface area contributed by atoms with Crippen LogP contribution in [0.2, 0.25) is 0 Å². The van der Waals surface area contributed by atoms with Gasteiger partial charge in [0.25, 0.3) is 0 Å². The number of hydrogen-bond acceptors (Lipinski definition) is 3. The summed E-state index contributed by atoms with van der Waals surface area (Å²) in [7, 11) is 0. The molecule has 1 aromatic rings. The second-order valence-corrected chi connectivity index (χ2v) is 11.0. The Balaban J connectivity index is 2.18. The summed E-state index contributed by atoms with van der Waals surface area (Å²) in [4.78, 5) is 12.3. The summed E-state index contributed by atoms with van der Waals surface area (Å²) in [5.41, 5.74) is 2.34. The Labute approximate surface area is 232 Å². The molecule has 0 bridgehead atoms. The molecule has 0 spiro atoms. The van der Waals surface area contributed by atoms with Gasteiger partial charge in [-0.15, -0.1) is 5.23 Å². The van der Waals surface area contributed by atoms with Crippen LogP contribution in [0.1, 0.15) is 168 Å². The Morgan fingerprint density at radius 2 is 0.811 bits per heavy atom. The zero-order valence-electron chi connectivity index (χ0n) is 25.3. The van der Waals surface area contributed by atoms with E-state index in [4.69, 9.17) is 9.68 Å². The topological polar surface area (TPSA) is 21.7 Å². The maximum absolute atomic E-state index is 6.17. The van der Waals surface area contributed by atoms with Crippen LogP contribution in [0.4, 0.5) is 5.69 Å². The molecule has 0 aliphatic carbocycles. The van der Waals surface area contributed by atoms with Crippen LogP contribution in [0, 0.1) is 0 Å². The standard InChI is InChI=1S/C34H63NO2/c1-4-7-9-11-13-15-17-18-20-22-24-28-32-37-35(34-30-26-25-29-33(34)6-3)36-31-27-23-21-19-16-14-12-10-8-5-2/h25-26,29-30H,4-24,27-28,31-32H2,1-3H3. The first kappa shape index (κ1) is 34.0. The largest absolute Gasteiger partial charge is 0.249 e. The van der Waals surface area contributed by atoms with Gasteiger partial charge in [0.2, 0.25) is 0 Å². The third-order valence-corrected chi connectivity index (χ3v) is 7.48. The molecule has 0 N–H and O–H groups in total. The molecule has 37 heavy (non-hydrogen) atoms. The molecule has 0 aromatic heterocycles. The lowest BCUT2D eigenvalue weighted by atomic mass is 10.1. The molecule has 0 amide bonds. The van der Waals surface area contributed by atoms with E-state index in [0.29, 0.717) is 0 Å². The predicted octanol–water partition coefficient (Wildman–Crippen LogP) is 11.5. The number of para-hydroxylation sites is 1. The summed E-state index contributed by atoms with van der Waals surface area (Å²) in [5, 5.41) is 1.73. The fraction of sp³-hybridized carbons (Fsp3) is 0.824. The summed E-state index contributed by atoms with van der Waals surface area (Å²) >= 11 is 0. The maximum Gasteiger partial charge on any atom is 0.0979 e. The molecular weight excluding hydrogens is 454 g/mol. The van der Waals surface area contributed by atoms with E-state index in [2.05, 4.69) is 45.0 Å². The van der Waals surface area contributed by atoms with Crippen molar-refractivity contribution in [3.63, 3.8) is 0 Å². The molecule has 3 heteroatoms. The average Bonchev–Trinajstić information content (AvgIpc) is 2.93. The van der Waals surface area contributed by atoms with E-state index in [1.165, 1.54) is 134 Å². The van der Waals surface area contributed by atoms with Gasteiger partial charge >= 0.3 is 0 Å². The smallest absolute Gasteiger partial charge is 0.0979 e. The molecule has 0 heterocycles. The monoisotopic (exact) mass is 517 g/mol. The quantitative estimate of drug-likeness (QED) is 0.0814. The summed E-state index contributed by atoms with van der Waals surface area (Å²) in [5.74, 6) is 0. The molecule has 0 saturated carbocycles. The Morgan fingerprint density at radius 3 is 1.19 bits per heavy atom. The lowest BCUT2D eigenvalue weighted by molar-refractivity contribution is -0.0917. The van der Waals surface area contributed by atoms with Gasteiger partial charge in [-0.1, -0.05) is 167 Å². The minimum atomic E-state index is 0.729. The third-order valence-electron chi connectivity index (χ3n) is 7.48. The molecule has 0 radical (unpaired) electrons. The molecule has 216 valence electrons. The summed E-state index contributed by atoms with van der Waals surface area (Å²) in [6.07, 6.45) is 30.7. The van der Waals surface area contributed by atoms with Gasteiger partial charge in [-0.05, 0) is 30.9 Å². The van der Waals surface area contributed by atoms with Crippen LogP contribution in [0.25, 0.3) is 0 Å². The molecule has 0 aliphatic heterocycles. The summed E-state index contributed by atoms with van der Waals surface area (Å²) in [6, 6.07) is 8.49. The fourth-order valence-corrected chi connectivity index (χ4v) is 4.99. The first-order valence-corrected chi connectivity index (χ1v) is 16.5. The molecular formula is C34H63NO2. The van der Waals surface area contributed by atoms with Crippen LogP contribution in [0.5, 0.6) is 0 Å². The highest BCUT2D eigenvalue weighted by atomic mass is 16.9. The number of hydrogen-bond donors (Lipinski definition) is 0. The number of rotatable bonds is 28. The molecule has 0 aliphatic rings. The zero-order chi connectivity index (χ0) is 26.7. The van der Waals surface area contributed by atoms with Crippen molar-refractivity contribution in [1.82, 2.24) is 0 Å². The number of unbranched alkanes of at least 4 members (excludes halogenated alkanes) is 20. The molecule has 0 unspecified atom stereocenters. The normalized spacial score (nSPS) is 11.3. The van der Waals surface area contributed by atoms with Gasteiger partial charge in [-0.3, -0.25) is 0 Å². The first-order chi connectivity index (χ1) is 18.3. The van der Waals surface area contributed by atoms with Gasteiger partial charge in [0.15, 0.2) is 0 Å². The Bertz CT molecular complexity index is 591. The Hall–Kier alpha value is -1.06. The van der Waals surface area contributed by atoms with Crippen LogP contribution < -0.4 is 5.23 Å². The highest BCUT2D eigenvalue weighted by Gasteiger charge is 2.12. The van der Waals surface area contributed by atoms with Crippen LogP contribution in [0.3, 0.4) is 0 Å². The lowest BCUT2D eigenvalue weighted by Gasteiger charge is -2.24. The molecule has 3 nitrogen and oxygen atoms in total. The van der Waals surface area contributed by atoms with Gasteiger partial charge < -0.3 is 0 Å². The summed E-state index contributed by atoms with van der Waals surface area (Å²) in [6.45, 7) is 8.23. The number of aryl methyl sites for hydroxylation is 1. The van der Waals surface area contributed by atoms with E-state index >= 15 is 0 Å². The molecule has 1 aromatic carbocycles. The van der Waals surface area contributed by atoms with E-state index in [1.807, 2.05) is 0 Å². The van der Waals surface area contributed by atoms with Crippen LogP contribution in [-0.4, -0.2) is 13.2 Å². The molecule has 0 atom stereocenters. The van der Waals surface area contributed by atoms with Crippen molar-refractivity contribution in [3.8, 4) is 0 Å². The second-order valence-electron chi connectivity index (χ2n) is 11.0. The zero-order valence-corrected chi connectivity index (χ0v) is 25.3. The maximum atomic E-state index is 6.17. The molecule has 1 rings (SSSR count). The highest BCUT2D eigenvalue weighted by molar-refractivity contribution is 5.49. The minimum absolute atomic E-state index is 0.729. The molecule has 0 fully saturated rings. The number of nitrogens with zero attached hydrogens (tertiary/aromatic N) is 1. The lowest BCUT2D eigenvalue weighted by Crippen LogP contribution is -2.26. The van der Waals surface area contributed by atoms with Gasteiger partial charge in [0, 0.05) is 0 Å². The van der Waals surface area contributed by atoms with Crippen LogP contribution in [0.15, 0.2) is 24.3 Å². The molecule has 0 saturated heterocycles. The van der Waals surface area contributed by atoms with Gasteiger partial charge in [0.05, 0.1) is 18.9 Å². The predicted molar refractivity (Wildman–Crippen MR) is 163 cm³/mol. The van der Waals surface area contributed by atoms with E-state index in [-0.39, 0.29) is 0 Å². The van der Waals surface area contributed by atoms with E-state index in [9.17, 15) is 0 Å². The summed E-state index contributed by atoms with van der Waals surface area (Å²) < 4.78 is 0. The minimum Gasteiger partial charge on any atom is -0.249 e. The van der Waals surface area contributed by atoms with Crippen molar-refractivity contribution < 1.29 is 9.68 Å². The fourth-order valence-electron chi connectivity index (χ4n) is 4.99. The van der Waals surface area contributed by atoms with Gasteiger partial charge in [-0.2, -0.15) is 0 Å². The van der Waals surface area contributed by atoms with Crippen molar-refractivity contribution in [2.45, 2.75) is 168 Å². The van der Waals surface area contributed by atoms with Crippen molar-refractivity contribution >= 4 is 5.69 Å². The first-order valence-electron chi connectivity index (χ1n) is 16.5. The van der Waals surface area contributed by atoms with Crippen molar-refractivity contribution in [1.29, 1.82) is 0 Å². The highest BCUT2D eigenvalue weighted by Crippen LogP contribution is 2.22. The Kier molecular flexibility index (Phi) is 24.4. The van der Waals surface area contributed by atoms with Crippen molar-refractivity contribution in [3.05, 3.63) is 29.8 Å².